The van der Waals surface area contributed by atoms with E-state index < -0.39 is 15.4 Å². The molecule has 0 saturated heterocycles. The van der Waals surface area contributed by atoms with Crippen LogP contribution in [-0.4, -0.2) is 20.9 Å². The van der Waals surface area contributed by atoms with E-state index in [2.05, 4.69) is 5.32 Å². The van der Waals surface area contributed by atoms with Crippen LogP contribution in [0.25, 0.3) is 0 Å². The molecule has 0 heterocycles. The zero-order valence-corrected chi connectivity index (χ0v) is 11.9. The summed E-state index contributed by atoms with van der Waals surface area (Å²) in [6.45, 7) is 0.717. The fourth-order valence-corrected chi connectivity index (χ4v) is 2.81. The van der Waals surface area contributed by atoms with Gasteiger partial charge in [0.2, 0.25) is 15.9 Å². The first-order valence-electron chi connectivity index (χ1n) is 6.47. The monoisotopic (exact) mass is 297 g/mol. The number of nitrogens with two attached hydrogens (primary N) is 2. The molecule has 110 valence electrons. The number of hydrogen-bond acceptors (Lipinski definition) is 4. The summed E-state index contributed by atoms with van der Waals surface area (Å²) in [7, 11) is -3.68. The van der Waals surface area contributed by atoms with Crippen LogP contribution in [0.2, 0.25) is 0 Å². The standard InChI is InChI=1S/C13H19N3O3S/c14-9-13(6-1-7-13)12(17)16-8-10-2-4-11(5-3-10)20(15,18)19/h2-5H,1,6-9,14H2,(H,16,17)(H2,15,18,19). The van der Waals surface area contributed by atoms with E-state index in [1.54, 1.807) is 12.1 Å². The molecule has 1 saturated carbocycles. The Morgan fingerprint density at radius 1 is 1.25 bits per heavy atom. The van der Waals surface area contributed by atoms with Gasteiger partial charge in [-0.1, -0.05) is 18.6 Å². The van der Waals surface area contributed by atoms with Crippen molar-refractivity contribution in [2.75, 3.05) is 6.54 Å². The summed E-state index contributed by atoms with van der Waals surface area (Å²) in [6, 6.07) is 6.13. The van der Waals surface area contributed by atoms with Gasteiger partial charge in [0.05, 0.1) is 10.3 Å². The van der Waals surface area contributed by atoms with Crippen molar-refractivity contribution < 1.29 is 13.2 Å². The predicted molar refractivity (Wildman–Crippen MR) is 75.0 cm³/mol. The lowest BCUT2D eigenvalue weighted by Gasteiger charge is -2.39. The van der Waals surface area contributed by atoms with Gasteiger partial charge in [-0.3, -0.25) is 4.79 Å². The molecule has 1 aromatic carbocycles. The lowest BCUT2D eigenvalue weighted by Crippen LogP contribution is -2.50. The van der Waals surface area contributed by atoms with Gasteiger partial charge in [0, 0.05) is 13.1 Å². The highest BCUT2D eigenvalue weighted by Gasteiger charge is 2.42. The van der Waals surface area contributed by atoms with Crippen LogP contribution < -0.4 is 16.2 Å². The zero-order valence-electron chi connectivity index (χ0n) is 11.1. The van der Waals surface area contributed by atoms with E-state index in [4.69, 9.17) is 10.9 Å². The number of primary sulfonamides is 1. The molecule has 6 nitrogen and oxygen atoms in total. The molecule has 1 aromatic rings. The highest BCUT2D eigenvalue weighted by Crippen LogP contribution is 2.40. The molecule has 1 fully saturated rings. The van der Waals surface area contributed by atoms with Gasteiger partial charge in [0.1, 0.15) is 0 Å². The van der Waals surface area contributed by atoms with E-state index in [1.165, 1.54) is 12.1 Å². The summed E-state index contributed by atoms with van der Waals surface area (Å²) in [5.74, 6) is -0.0261. The fraction of sp³-hybridized carbons (Fsp3) is 0.462. The molecule has 0 aliphatic heterocycles. The van der Waals surface area contributed by atoms with Crippen molar-refractivity contribution in [3.05, 3.63) is 29.8 Å². The SMILES string of the molecule is NCC1(C(=O)NCc2ccc(S(N)(=O)=O)cc2)CCC1. The van der Waals surface area contributed by atoms with Crippen LogP contribution in [-0.2, 0) is 21.4 Å². The van der Waals surface area contributed by atoms with Crippen LogP contribution >= 0.6 is 0 Å². The lowest BCUT2D eigenvalue weighted by molar-refractivity contribution is -0.135. The number of benzene rings is 1. The highest BCUT2D eigenvalue weighted by molar-refractivity contribution is 7.89. The largest absolute Gasteiger partial charge is 0.352 e. The Bertz CT molecular complexity index is 586. The number of amides is 1. The number of sulfonamides is 1. The maximum absolute atomic E-state index is 12.1. The summed E-state index contributed by atoms with van der Waals surface area (Å²) >= 11 is 0. The average molecular weight is 297 g/mol. The third-order valence-electron chi connectivity index (χ3n) is 3.89. The van der Waals surface area contributed by atoms with Crippen LogP contribution in [0.1, 0.15) is 24.8 Å². The van der Waals surface area contributed by atoms with Crippen LogP contribution in [0.3, 0.4) is 0 Å². The molecule has 0 unspecified atom stereocenters. The van der Waals surface area contributed by atoms with Gasteiger partial charge in [-0.2, -0.15) is 0 Å². The molecule has 1 aliphatic carbocycles. The van der Waals surface area contributed by atoms with Gasteiger partial charge in [-0.15, -0.1) is 0 Å². The Morgan fingerprint density at radius 2 is 1.85 bits per heavy atom. The Morgan fingerprint density at radius 3 is 2.25 bits per heavy atom. The Hall–Kier alpha value is -1.44. The molecule has 1 aliphatic rings. The van der Waals surface area contributed by atoms with Gasteiger partial charge >= 0.3 is 0 Å². The lowest BCUT2D eigenvalue weighted by atomic mass is 9.68. The van der Waals surface area contributed by atoms with Crippen molar-refractivity contribution >= 4 is 15.9 Å². The molecule has 7 heteroatoms. The van der Waals surface area contributed by atoms with Crippen LogP contribution in [0.15, 0.2) is 29.2 Å². The number of carbonyl (C=O) groups is 1. The number of carbonyl (C=O) groups excluding carboxylic acids is 1. The molecular weight excluding hydrogens is 278 g/mol. The fourth-order valence-electron chi connectivity index (χ4n) is 2.29. The first-order valence-corrected chi connectivity index (χ1v) is 8.02. The van der Waals surface area contributed by atoms with Gasteiger partial charge in [-0.25, -0.2) is 13.6 Å². The quantitative estimate of drug-likeness (QED) is 0.713. The minimum Gasteiger partial charge on any atom is -0.352 e. The molecule has 20 heavy (non-hydrogen) atoms. The van der Waals surface area contributed by atoms with Crippen molar-refractivity contribution in [3.8, 4) is 0 Å². The van der Waals surface area contributed by atoms with E-state index in [0.29, 0.717) is 13.1 Å². The summed E-state index contributed by atoms with van der Waals surface area (Å²) in [6.07, 6.45) is 2.70. The molecule has 0 spiro atoms. The van der Waals surface area contributed by atoms with E-state index in [1.807, 2.05) is 0 Å². The number of rotatable bonds is 5. The maximum atomic E-state index is 12.1. The van der Waals surface area contributed by atoms with Gasteiger partial charge in [0.15, 0.2) is 0 Å². The topological polar surface area (TPSA) is 115 Å². The van der Waals surface area contributed by atoms with Crippen molar-refractivity contribution in [2.45, 2.75) is 30.7 Å². The Labute approximate surface area is 118 Å². The summed E-state index contributed by atoms with van der Waals surface area (Å²) in [4.78, 5) is 12.1. The van der Waals surface area contributed by atoms with E-state index in [0.717, 1.165) is 24.8 Å². The maximum Gasteiger partial charge on any atom is 0.238 e. The number of nitrogens with one attached hydrogen (secondary N) is 1. The molecule has 1 amide bonds. The summed E-state index contributed by atoms with van der Waals surface area (Å²) in [5, 5.41) is 7.87. The van der Waals surface area contributed by atoms with Crippen LogP contribution in [0.5, 0.6) is 0 Å². The number of hydrogen-bond donors (Lipinski definition) is 3. The van der Waals surface area contributed by atoms with Gasteiger partial charge in [-0.05, 0) is 30.5 Å². The minimum absolute atomic E-state index is 0.0261. The second kappa shape index (κ2) is 5.51. The third-order valence-corrected chi connectivity index (χ3v) is 4.82. The van der Waals surface area contributed by atoms with Crippen molar-refractivity contribution in [1.82, 2.24) is 5.32 Å². The first-order chi connectivity index (χ1) is 9.37. The third kappa shape index (κ3) is 3.00. The molecule has 0 radical (unpaired) electrons. The highest BCUT2D eigenvalue weighted by atomic mass is 32.2. The molecule has 0 bridgehead atoms. The predicted octanol–water partition coefficient (Wildman–Crippen LogP) is 0.0792. The van der Waals surface area contributed by atoms with Gasteiger partial charge < -0.3 is 11.1 Å². The van der Waals surface area contributed by atoms with Crippen LogP contribution in [0.4, 0.5) is 0 Å². The molecule has 2 rings (SSSR count). The molecular formula is C13H19N3O3S. The molecule has 0 aromatic heterocycles. The summed E-state index contributed by atoms with van der Waals surface area (Å²) in [5.41, 5.74) is 6.08. The Kier molecular flexibility index (Phi) is 4.12. The van der Waals surface area contributed by atoms with E-state index >= 15 is 0 Å². The van der Waals surface area contributed by atoms with Crippen LogP contribution in [0, 0.1) is 5.41 Å². The second-order valence-electron chi connectivity index (χ2n) is 5.21. The second-order valence-corrected chi connectivity index (χ2v) is 6.77. The molecule has 0 atom stereocenters. The summed E-state index contributed by atoms with van der Waals surface area (Å²) < 4.78 is 22.2. The molecule has 5 N–H and O–H groups in total. The first kappa shape index (κ1) is 15.0. The normalized spacial score (nSPS) is 17.3. The Balaban J connectivity index is 1.96. The zero-order chi connectivity index (χ0) is 14.8. The van der Waals surface area contributed by atoms with Gasteiger partial charge in [0.25, 0.3) is 0 Å². The van der Waals surface area contributed by atoms with E-state index in [-0.39, 0.29) is 10.8 Å². The smallest absolute Gasteiger partial charge is 0.238 e. The van der Waals surface area contributed by atoms with Crippen molar-refractivity contribution in [2.24, 2.45) is 16.3 Å². The van der Waals surface area contributed by atoms with Crippen molar-refractivity contribution in [3.63, 3.8) is 0 Å². The average Bonchev–Trinajstić information content (AvgIpc) is 2.35. The van der Waals surface area contributed by atoms with Crippen molar-refractivity contribution in [1.29, 1.82) is 0 Å². The van der Waals surface area contributed by atoms with E-state index in [9.17, 15) is 13.2 Å². The minimum atomic E-state index is -3.68.